The summed E-state index contributed by atoms with van der Waals surface area (Å²) in [5.41, 5.74) is 1.36. The third-order valence-electron chi connectivity index (χ3n) is 1.61. The molecule has 3 nitrogen and oxygen atoms in total. The van der Waals surface area contributed by atoms with Gasteiger partial charge in [-0.3, -0.25) is 4.98 Å². The molecule has 0 fully saturated rings. The minimum atomic E-state index is -2.44. The third kappa shape index (κ3) is 2.66. The Kier molecular flexibility index (Phi) is 3.35. The third-order valence-corrected chi connectivity index (χ3v) is 1.61. The first-order chi connectivity index (χ1) is 6.63. The second-order valence-corrected chi connectivity index (χ2v) is 2.76. The molecule has 0 aliphatic carbocycles. The molecular formula is C9H9F2N3. The Hall–Kier alpha value is -1.70. The van der Waals surface area contributed by atoms with E-state index in [9.17, 15) is 8.78 Å². The summed E-state index contributed by atoms with van der Waals surface area (Å²) in [6, 6.07) is 3.45. The molecule has 1 N–H and O–H groups in total. The van der Waals surface area contributed by atoms with Crippen LogP contribution in [-0.4, -0.2) is 18.0 Å². The van der Waals surface area contributed by atoms with Crippen LogP contribution in [0.2, 0.25) is 0 Å². The molecule has 0 saturated heterocycles. The van der Waals surface area contributed by atoms with E-state index < -0.39 is 13.0 Å². The van der Waals surface area contributed by atoms with E-state index in [1.165, 1.54) is 6.20 Å². The molecule has 1 rings (SSSR count). The molecule has 0 aromatic carbocycles. The zero-order valence-electron chi connectivity index (χ0n) is 7.59. The number of halogens is 2. The quantitative estimate of drug-likeness (QED) is 0.805. The highest BCUT2D eigenvalue weighted by Crippen LogP contribution is 2.14. The molecule has 74 valence electrons. The van der Waals surface area contributed by atoms with Crippen LogP contribution in [0.25, 0.3) is 0 Å². The summed E-state index contributed by atoms with van der Waals surface area (Å²) in [7, 11) is 0. The summed E-state index contributed by atoms with van der Waals surface area (Å²) in [6.45, 7) is 1.27. The zero-order valence-corrected chi connectivity index (χ0v) is 7.59. The molecule has 0 saturated carbocycles. The predicted molar refractivity (Wildman–Crippen MR) is 48.2 cm³/mol. The summed E-state index contributed by atoms with van der Waals surface area (Å²) in [5.74, 6) is 0. The molecule has 5 heteroatoms. The largest absolute Gasteiger partial charge is 0.378 e. The number of rotatable bonds is 3. The van der Waals surface area contributed by atoms with Crippen LogP contribution in [0.4, 0.5) is 14.5 Å². The van der Waals surface area contributed by atoms with Gasteiger partial charge in [-0.15, -0.1) is 0 Å². The van der Waals surface area contributed by atoms with Crippen molar-refractivity contribution in [1.82, 2.24) is 4.98 Å². The Bertz CT molecular complexity index is 358. The highest BCUT2D eigenvalue weighted by Gasteiger charge is 2.06. The van der Waals surface area contributed by atoms with Crippen molar-refractivity contribution >= 4 is 5.69 Å². The summed E-state index contributed by atoms with van der Waals surface area (Å²) in [6.07, 6.45) is -1.07. The Morgan fingerprint density at radius 2 is 2.36 bits per heavy atom. The van der Waals surface area contributed by atoms with Crippen molar-refractivity contribution in [3.05, 3.63) is 23.5 Å². The van der Waals surface area contributed by atoms with Gasteiger partial charge in [-0.25, -0.2) is 8.78 Å². The molecule has 0 atom stereocenters. The van der Waals surface area contributed by atoms with Gasteiger partial charge in [0.15, 0.2) is 0 Å². The van der Waals surface area contributed by atoms with Crippen molar-refractivity contribution in [3.63, 3.8) is 0 Å². The Morgan fingerprint density at radius 3 is 2.93 bits per heavy atom. The van der Waals surface area contributed by atoms with Crippen LogP contribution >= 0.6 is 0 Å². The summed E-state index contributed by atoms with van der Waals surface area (Å²) in [5, 5.41) is 11.1. The monoisotopic (exact) mass is 197 g/mol. The molecule has 1 heterocycles. The van der Waals surface area contributed by atoms with E-state index in [1.807, 2.05) is 6.07 Å². The molecule has 1 aromatic heterocycles. The van der Waals surface area contributed by atoms with E-state index in [1.54, 1.807) is 13.0 Å². The van der Waals surface area contributed by atoms with Crippen LogP contribution in [0, 0.1) is 18.3 Å². The van der Waals surface area contributed by atoms with Gasteiger partial charge in [0.05, 0.1) is 17.8 Å². The van der Waals surface area contributed by atoms with Gasteiger partial charge in [-0.2, -0.15) is 5.26 Å². The summed E-state index contributed by atoms with van der Waals surface area (Å²) >= 11 is 0. The number of nitrogens with one attached hydrogen (secondary N) is 1. The van der Waals surface area contributed by atoms with Gasteiger partial charge in [0.2, 0.25) is 0 Å². The predicted octanol–water partition coefficient (Wildman–Crippen LogP) is 1.94. The number of aryl methyl sites for hydroxylation is 1. The summed E-state index contributed by atoms with van der Waals surface area (Å²) < 4.78 is 23.8. The van der Waals surface area contributed by atoms with E-state index in [0.717, 1.165) is 0 Å². The van der Waals surface area contributed by atoms with E-state index in [-0.39, 0.29) is 5.56 Å². The maximum absolute atomic E-state index is 11.9. The molecule has 0 bridgehead atoms. The molecule has 0 amide bonds. The summed E-state index contributed by atoms with van der Waals surface area (Å²) in [4.78, 5) is 3.89. The normalized spacial score (nSPS) is 9.93. The molecule has 0 unspecified atom stereocenters. The lowest BCUT2D eigenvalue weighted by Crippen LogP contribution is -2.11. The molecular weight excluding hydrogens is 188 g/mol. The smallest absolute Gasteiger partial charge is 0.255 e. The number of alkyl halides is 2. The minimum absolute atomic E-state index is 0.274. The van der Waals surface area contributed by atoms with Crippen molar-refractivity contribution in [2.24, 2.45) is 0 Å². The van der Waals surface area contributed by atoms with Gasteiger partial charge in [0, 0.05) is 11.9 Å². The first-order valence-corrected chi connectivity index (χ1v) is 4.02. The fourth-order valence-corrected chi connectivity index (χ4v) is 0.982. The lowest BCUT2D eigenvalue weighted by Gasteiger charge is -2.07. The van der Waals surface area contributed by atoms with Gasteiger partial charge >= 0.3 is 0 Å². The van der Waals surface area contributed by atoms with Gasteiger partial charge in [0.25, 0.3) is 6.43 Å². The Morgan fingerprint density at radius 1 is 1.64 bits per heavy atom. The highest BCUT2D eigenvalue weighted by atomic mass is 19.3. The Labute approximate surface area is 80.4 Å². The van der Waals surface area contributed by atoms with Crippen LogP contribution in [0.5, 0.6) is 0 Å². The number of pyridine rings is 1. The average molecular weight is 197 g/mol. The second kappa shape index (κ2) is 4.51. The van der Waals surface area contributed by atoms with E-state index in [2.05, 4.69) is 10.3 Å². The van der Waals surface area contributed by atoms with E-state index in [4.69, 9.17) is 5.26 Å². The minimum Gasteiger partial charge on any atom is -0.378 e. The fourth-order valence-electron chi connectivity index (χ4n) is 0.982. The number of aromatic nitrogens is 1. The second-order valence-electron chi connectivity index (χ2n) is 2.76. The molecule has 0 aliphatic heterocycles. The maximum atomic E-state index is 11.9. The molecule has 0 aliphatic rings. The van der Waals surface area contributed by atoms with Crippen LogP contribution < -0.4 is 5.32 Å². The van der Waals surface area contributed by atoms with Gasteiger partial charge < -0.3 is 5.32 Å². The fraction of sp³-hybridized carbons (Fsp3) is 0.333. The zero-order chi connectivity index (χ0) is 10.6. The molecule has 14 heavy (non-hydrogen) atoms. The molecule has 1 aromatic rings. The van der Waals surface area contributed by atoms with E-state index >= 15 is 0 Å². The average Bonchev–Trinajstić information content (AvgIpc) is 2.15. The lowest BCUT2D eigenvalue weighted by atomic mass is 10.2. The number of hydrogen-bond donors (Lipinski definition) is 1. The van der Waals surface area contributed by atoms with Gasteiger partial charge in [-0.1, -0.05) is 0 Å². The Balaban J connectivity index is 2.84. The van der Waals surface area contributed by atoms with Crippen molar-refractivity contribution in [3.8, 4) is 6.07 Å². The first-order valence-electron chi connectivity index (χ1n) is 4.02. The lowest BCUT2D eigenvalue weighted by molar-refractivity contribution is 0.163. The number of hydrogen-bond acceptors (Lipinski definition) is 3. The maximum Gasteiger partial charge on any atom is 0.255 e. The highest BCUT2D eigenvalue weighted by molar-refractivity contribution is 5.56. The van der Waals surface area contributed by atoms with Crippen molar-refractivity contribution in [2.75, 3.05) is 11.9 Å². The number of nitriles is 1. The van der Waals surface area contributed by atoms with Crippen molar-refractivity contribution < 1.29 is 8.78 Å². The number of nitrogens with zero attached hydrogens (tertiary/aromatic N) is 2. The van der Waals surface area contributed by atoms with Crippen molar-refractivity contribution in [2.45, 2.75) is 13.3 Å². The van der Waals surface area contributed by atoms with Crippen molar-refractivity contribution in [1.29, 1.82) is 5.26 Å². The van der Waals surface area contributed by atoms with Gasteiger partial charge in [0.1, 0.15) is 6.07 Å². The van der Waals surface area contributed by atoms with Crippen LogP contribution in [0.15, 0.2) is 12.3 Å². The number of anilines is 1. The standard InChI is InChI=1S/C9H9F2N3/c1-6-2-8(14-5-9(10)11)7(3-12)4-13-6/h2,4,9H,5H2,1H3,(H,13,14). The topological polar surface area (TPSA) is 48.7 Å². The first kappa shape index (κ1) is 10.4. The van der Waals surface area contributed by atoms with Gasteiger partial charge in [-0.05, 0) is 13.0 Å². The van der Waals surface area contributed by atoms with E-state index in [0.29, 0.717) is 11.4 Å². The molecule has 0 radical (unpaired) electrons. The van der Waals surface area contributed by atoms with Crippen LogP contribution in [0.1, 0.15) is 11.3 Å². The van der Waals surface area contributed by atoms with Crippen LogP contribution in [0.3, 0.4) is 0 Å². The van der Waals surface area contributed by atoms with Crippen LogP contribution in [-0.2, 0) is 0 Å². The molecule has 0 spiro atoms. The SMILES string of the molecule is Cc1cc(NCC(F)F)c(C#N)cn1.